The number of rotatable bonds is 5. The summed E-state index contributed by atoms with van der Waals surface area (Å²) in [6.07, 6.45) is 4.80. The van der Waals surface area contributed by atoms with E-state index in [4.69, 9.17) is 9.84 Å². The van der Waals surface area contributed by atoms with Crippen LogP contribution in [0, 0.1) is 0 Å². The number of hydrogen-bond donors (Lipinski definition) is 2. The number of hydrogen-bond acceptors (Lipinski definition) is 7. The lowest BCUT2D eigenvalue weighted by Gasteiger charge is -2.08. The van der Waals surface area contributed by atoms with Gasteiger partial charge in [0, 0.05) is 31.5 Å². The molecule has 0 fully saturated rings. The molecule has 1 aliphatic heterocycles. The molecule has 1 aliphatic rings. The topological polar surface area (TPSA) is 89.3 Å². The van der Waals surface area contributed by atoms with Crippen molar-refractivity contribution >= 4 is 37.5 Å². The molecular weight excluding hydrogens is 376 g/mol. The highest BCUT2D eigenvalue weighted by molar-refractivity contribution is 7.25. The smallest absolute Gasteiger partial charge is 0.275 e. The first kappa shape index (κ1) is 17.2. The van der Waals surface area contributed by atoms with Crippen molar-refractivity contribution < 1.29 is 9.84 Å². The average Bonchev–Trinajstić information content (AvgIpc) is 3.33. The quantitative estimate of drug-likeness (QED) is 0.506. The standard InChI is InChI=1S/C20H18N4O3S/c25-8-1-6-21-14-4-7-22-19-16(14)17-18(28-19)20(26)24(11-23-17)13-2-3-15-12(10-13)5-9-27-15/h2-4,7,10-11,25H,1,5-6,8-9H2,(H,21,22). The summed E-state index contributed by atoms with van der Waals surface area (Å²) >= 11 is 1.35. The Balaban J connectivity index is 1.65. The summed E-state index contributed by atoms with van der Waals surface area (Å²) in [5.74, 6) is 0.885. The van der Waals surface area contributed by atoms with Crippen LogP contribution in [-0.4, -0.2) is 39.4 Å². The summed E-state index contributed by atoms with van der Waals surface area (Å²) in [7, 11) is 0. The van der Waals surface area contributed by atoms with E-state index in [1.54, 1.807) is 17.1 Å². The van der Waals surface area contributed by atoms with Crippen molar-refractivity contribution in [2.24, 2.45) is 0 Å². The van der Waals surface area contributed by atoms with Crippen LogP contribution in [0.25, 0.3) is 26.1 Å². The normalized spacial score (nSPS) is 13.0. The van der Waals surface area contributed by atoms with Crippen LogP contribution in [0.2, 0.25) is 0 Å². The molecule has 1 aromatic carbocycles. The number of aliphatic hydroxyl groups excluding tert-OH is 1. The number of benzene rings is 1. The lowest BCUT2D eigenvalue weighted by molar-refractivity contribution is 0.292. The third-order valence-corrected chi connectivity index (χ3v) is 5.96. The second-order valence-electron chi connectivity index (χ2n) is 6.63. The van der Waals surface area contributed by atoms with Gasteiger partial charge in [-0.3, -0.25) is 9.36 Å². The maximum absolute atomic E-state index is 13.2. The molecule has 2 N–H and O–H groups in total. The minimum Gasteiger partial charge on any atom is -0.493 e. The van der Waals surface area contributed by atoms with E-state index in [0.29, 0.717) is 29.8 Å². The Labute approximate surface area is 164 Å². The fourth-order valence-electron chi connectivity index (χ4n) is 3.51. The first-order valence-corrected chi connectivity index (χ1v) is 9.97. The van der Waals surface area contributed by atoms with Crippen molar-refractivity contribution in [1.82, 2.24) is 14.5 Å². The van der Waals surface area contributed by atoms with Crippen LogP contribution < -0.4 is 15.6 Å². The molecule has 142 valence electrons. The third kappa shape index (κ3) is 2.73. The number of anilines is 1. The van der Waals surface area contributed by atoms with Gasteiger partial charge < -0.3 is 15.2 Å². The minimum absolute atomic E-state index is 0.104. The van der Waals surface area contributed by atoms with Gasteiger partial charge in [-0.1, -0.05) is 0 Å². The van der Waals surface area contributed by atoms with Gasteiger partial charge in [0.2, 0.25) is 0 Å². The molecule has 0 atom stereocenters. The monoisotopic (exact) mass is 394 g/mol. The molecule has 0 radical (unpaired) electrons. The van der Waals surface area contributed by atoms with Crippen LogP contribution in [0.1, 0.15) is 12.0 Å². The Morgan fingerprint density at radius 3 is 3.11 bits per heavy atom. The molecule has 28 heavy (non-hydrogen) atoms. The van der Waals surface area contributed by atoms with Crippen LogP contribution in [0.15, 0.2) is 41.6 Å². The van der Waals surface area contributed by atoms with Gasteiger partial charge in [-0.25, -0.2) is 9.97 Å². The number of aliphatic hydroxyl groups is 1. The molecular formula is C20H18N4O3S. The van der Waals surface area contributed by atoms with Gasteiger partial charge in [-0.2, -0.15) is 0 Å². The molecule has 8 heteroatoms. The molecule has 0 saturated carbocycles. The minimum atomic E-state index is -0.104. The zero-order valence-corrected chi connectivity index (χ0v) is 15.8. The van der Waals surface area contributed by atoms with E-state index in [-0.39, 0.29) is 12.2 Å². The van der Waals surface area contributed by atoms with Crippen molar-refractivity contribution in [3.63, 3.8) is 0 Å². The second-order valence-corrected chi connectivity index (χ2v) is 7.63. The number of thiophene rings is 1. The predicted octanol–water partition coefficient (Wildman–Crippen LogP) is 2.72. The van der Waals surface area contributed by atoms with Crippen LogP contribution in [0.5, 0.6) is 5.75 Å². The molecule has 0 bridgehead atoms. The number of nitrogens with one attached hydrogen (secondary N) is 1. The molecule has 0 aliphatic carbocycles. The van der Waals surface area contributed by atoms with E-state index < -0.39 is 0 Å². The van der Waals surface area contributed by atoms with Gasteiger partial charge in [0.15, 0.2) is 0 Å². The molecule has 0 amide bonds. The Morgan fingerprint density at radius 1 is 1.29 bits per heavy atom. The van der Waals surface area contributed by atoms with Gasteiger partial charge >= 0.3 is 0 Å². The summed E-state index contributed by atoms with van der Waals surface area (Å²) in [5, 5.41) is 13.2. The fraction of sp³-hybridized carbons (Fsp3) is 0.250. The van der Waals surface area contributed by atoms with E-state index in [0.717, 1.165) is 39.3 Å². The summed E-state index contributed by atoms with van der Waals surface area (Å²) in [4.78, 5) is 23.0. The van der Waals surface area contributed by atoms with Crippen LogP contribution in [-0.2, 0) is 6.42 Å². The molecule has 4 aromatic rings. The lowest BCUT2D eigenvalue weighted by atomic mass is 10.1. The highest BCUT2D eigenvalue weighted by Gasteiger charge is 2.17. The van der Waals surface area contributed by atoms with E-state index in [9.17, 15) is 4.79 Å². The molecule has 0 unspecified atom stereocenters. The Bertz CT molecular complexity index is 1250. The van der Waals surface area contributed by atoms with Crippen LogP contribution in [0.3, 0.4) is 0 Å². The number of fused-ring (bicyclic) bond motifs is 4. The second kappa shape index (κ2) is 6.88. The molecule has 5 rings (SSSR count). The van der Waals surface area contributed by atoms with Crippen molar-refractivity contribution in [3.05, 3.63) is 52.7 Å². The summed E-state index contributed by atoms with van der Waals surface area (Å²) in [5.41, 5.74) is 3.33. The molecule has 7 nitrogen and oxygen atoms in total. The molecule has 0 saturated heterocycles. The van der Waals surface area contributed by atoms with Crippen LogP contribution in [0.4, 0.5) is 5.69 Å². The number of pyridine rings is 1. The van der Waals surface area contributed by atoms with Crippen molar-refractivity contribution in [3.8, 4) is 11.4 Å². The van der Waals surface area contributed by atoms with E-state index in [1.807, 2.05) is 24.3 Å². The third-order valence-electron chi connectivity index (χ3n) is 4.88. The largest absolute Gasteiger partial charge is 0.493 e. The summed E-state index contributed by atoms with van der Waals surface area (Å²) < 4.78 is 7.71. The Morgan fingerprint density at radius 2 is 2.21 bits per heavy atom. The van der Waals surface area contributed by atoms with E-state index in [1.165, 1.54) is 11.3 Å². The average molecular weight is 394 g/mol. The predicted molar refractivity (Wildman–Crippen MR) is 110 cm³/mol. The Hall–Kier alpha value is -2.97. The van der Waals surface area contributed by atoms with Gasteiger partial charge in [-0.15, -0.1) is 11.3 Å². The number of ether oxygens (including phenoxy) is 1. The number of nitrogens with zero attached hydrogens (tertiary/aromatic N) is 3. The van der Waals surface area contributed by atoms with E-state index >= 15 is 0 Å². The fourth-order valence-corrected chi connectivity index (χ4v) is 4.56. The van der Waals surface area contributed by atoms with Gasteiger partial charge in [0.05, 0.1) is 23.2 Å². The summed E-state index contributed by atoms with van der Waals surface area (Å²) in [6.45, 7) is 1.45. The SMILES string of the molecule is O=c1c2sc3nccc(NCCCO)c3c2ncn1-c1ccc2c(c1)CCO2. The first-order valence-electron chi connectivity index (χ1n) is 9.16. The zero-order chi connectivity index (χ0) is 19.1. The first-order chi connectivity index (χ1) is 13.8. The molecule has 3 aromatic heterocycles. The van der Waals surface area contributed by atoms with Gasteiger partial charge in [-0.05, 0) is 36.2 Å². The van der Waals surface area contributed by atoms with Crippen molar-refractivity contribution in [2.45, 2.75) is 12.8 Å². The highest BCUT2D eigenvalue weighted by Crippen LogP contribution is 2.34. The molecule has 0 spiro atoms. The van der Waals surface area contributed by atoms with Gasteiger partial charge in [0.25, 0.3) is 5.56 Å². The van der Waals surface area contributed by atoms with Crippen LogP contribution >= 0.6 is 11.3 Å². The highest BCUT2D eigenvalue weighted by atomic mass is 32.1. The zero-order valence-electron chi connectivity index (χ0n) is 15.0. The molecule has 4 heterocycles. The van der Waals surface area contributed by atoms with Crippen molar-refractivity contribution in [1.29, 1.82) is 0 Å². The van der Waals surface area contributed by atoms with Crippen molar-refractivity contribution in [2.75, 3.05) is 25.1 Å². The maximum Gasteiger partial charge on any atom is 0.275 e. The number of aromatic nitrogens is 3. The summed E-state index contributed by atoms with van der Waals surface area (Å²) in [6, 6.07) is 7.65. The van der Waals surface area contributed by atoms with Gasteiger partial charge in [0.1, 0.15) is 21.6 Å². The lowest BCUT2D eigenvalue weighted by Crippen LogP contribution is -2.17. The van der Waals surface area contributed by atoms with E-state index in [2.05, 4.69) is 15.3 Å². The maximum atomic E-state index is 13.2. The Kier molecular flexibility index (Phi) is 4.22.